The van der Waals surface area contributed by atoms with E-state index in [1.807, 2.05) is 0 Å². The first kappa shape index (κ1) is 82.2. The molecule has 0 heterocycles. The highest BCUT2D eigenvalue weighted by Crippen LogP contribution is 2.62. The highest BCUT2D eigenvalue weighted by atomic mass is 16.5. The van der Waals surface area contributed by atoms with Crippen molar-refractivity contribution in [1.82, 2.24) is 0 Å². The molecule has 16 aromatic carbocycles. The fraction of sp³-hybridized carbons (Fsp3) is 0.459. The van der Waals surface area contributed by atoms with Gasteiger partial charge in [0, 0.05) is 19.8 Å². The summed E-state index contributed by atoms with van der Waals surface area (Å²) in [6.45, 7) is 19.0. The Morgan fingerprint density at radius 2 is 0.350 bits per heavy atom. The van der Waals surface area contributed by atoms with E-state index in [0.717, 1.165) is 75.6 Å². The van der Waals surface area contributed by atoms with Gasteiger partial charge in [-0.1, -0.05) is 288 Å². The first-order chi connectivity index (χ1) is 57.9. The summed E-state index contributed by atoms with van der Waals surface area (Å²) in [5.74, 6) is 2.62. The van der Waals surface area contributed by atoms with Gasteiger partial charge in [-0.25, -0.2) is 0 Å². The van der Waals surface area contributed by atoms with Crippen LogP contribution in [0.5, 0.6) is 17.2 Å². The van der Waals surface area contributed by atoms with E-state index in [0.29, 0.717) is 39.6 Å². The van der Waals surface area contributed by atoms with E-state index >= 15 is 0 Å². The first-order valence-electron chi connectivity index (χ1n) is 47.2. The second kappa shape index (κ2) is 40.0. The third-order valence-corrected chi connectivity index (χ3v) is 26.3. The molecule has 0 aliphatic rings. The first-order valence-corrected chi connectivity index (χ1v) is 47.2. The molecular formula is C111H132O6. The van der Waals surface area contributed by atoms with Gasteiger partial charge in [0.15, 0.2) is 0 Å². The van der Waals surface area contributed by atoms with Crippen molar-refractivity contribution in [3.63, 3.8) is 0 Å². The van der Waals surface area contributed by atoms with Gasteiger partial charge in [0.1, 0.15) is 37.1 Å². The molecule has 117 heavy (non-hydrogen) atoms. The number of unbranched alkanes of at least 4 members (excludes halogenated alkanes) is 27. The quantitative estimate of drug-likeness (QED) is 0.0215. The van der Waals surface area contributed by atoms with Gasteiger partial charge in [-0.3, -0.25) is 0 Å². The van der Waals surface area contributed by atoms with E-state index in [-0.39, 0.29) is 0 Å². The fourth-order valence-electron chi connectivity index (χ4n) is 20.5. The predicted octanol–water partition coefficient (Wildman–Crippen LogP) is 33.0. The maximum atomic E-state index is 6.40. The Balaban J connectivity index is 0.968. The number of hydrogen-bond acceptors (Lipinski definition) is 6. The summed E-state index contributed by atoms with van der Waals surface area (Å²) in [4.78, 5) is 0. The molecule has 6 heteroatoms. The van der Waals surface area contributed by atoms with E-state index in [4.69, 9.17) is 28.4 Å². The highest BCUT2D eigenvalue weighted by molar-refractivity contribution is 6.61. The molecule has 16 rings (SSSR count). The lowest BCUT2D eigenvalue weighted by Crippen LogP contribution is -2.06. The van der Waals surface area contributed by atoms with Crippen LogP contribution in [0.25, 0.3) is 163 Å². The fourth-order valence-corrected chi connectivity index (χ4v) is 20.5. The zero-order valence-corrected chi connectivity index (χ0v) is 72.1. The van der Waals surface area contributed by atoms with Crippen molar-refractivity contribution in [2.24, 2.45) is 0 Å². The maximum absolute atomic E-state index is 6.40. The Labute approximate surface area is 698 Å². The molecule has 0 atom stereocenters. The van der Waals surface area contributed by atoms with Crippen LogP contribution in [-0.2, 0) is 33.5 Å². The lowest BCUT2D eigenvalue weighted by Gasteiger charge is -2.30. The summed E-state index contributed by atoms with van der Waals surface area (Å²) in [5, 5.41) is 33.7. The third kappa shape index (κ3) is 17.9. The van der Waals surface area contributed by atoms with Gasteiger partial charge in [0.05, 0.1) is 19.8 Å². The number of rotatable bonds is 54. The summed E-state index contributed by atoms with van der Waals surface area (Å²) < 4.78 is 36.9. The van der Waals surface area contributed by atoms with E-state index < -0.39 is 0 Å². The van der Waals surface area contributed by atoms with Crippen LogP contribution in [0, 0.1) is 0 Å². The summed E-state index contributed by atoms with van der Waals surface area (Å²) >= 11 is 0. The highest BCUT2D eigenvalue weighted by Gasteiger charge is 2.33. The standard InChI is InChI=1S/C111H132O6/c1-7-13-16-19-22-25-28-31-34-37-40-76-64-88-94-70-82(79-43-49-85(50-44-79)115-61-58-112-55-10-4)72-96-90-66-77(41-38-35-32-29-26-23-20-17-14-8-2)68-92-98-74-84(81-47-53-87(54-48-81)117-63-60-114-57-12-6)75-99-93-69-78(42-39-36-33-30-27-24-21-18-15-9-3)67-91-97-73-83(80-45-51-86(52-46-80)116-62-59-113-56-11-5)71-95-89(65-76)100(88)106-109(103(94)96)107(101(90)92)111(105(98)99)108(102(91)93)110(106)104(95)97/h43-54,64-75H,7-42,55-63H2,1-6H3. The molecule has 0 fully saturated rings. The van der Waals surface area contributed by atoms with Crippen molar-refractivity contribution in [3.8, 4) is 50.6 Å². The molecule has 0 bridgehead atoms. The molecular weight excluding hydrogens is 1430 g/mol. The van der Waals surface area contributed by atoms with E-state index in [1.165, 1.54) is 372 Å². The molecule has 0 aliphatic heterocycles. The Kier molecular flexibility index (Phi) is 28.1. The average Bonchev–Trinajstić information content (AvgIpc) is 0.641. The topological polar surface area (TPSA) is 55.4 Å². The average molecular weight is 1560 g/mol. The minimum Gasteiger partial charge on any atom is -0.491 e. The van der Waals surface area contributed by atoms with Gasteiger partial charge in [-0.05, 0) is 310 Å². The number of ether oxygens (including phenoxy) is 6. The van der Waals surface area contributed by atoms with Crippen LogP contribution >= 0.6 is 0 Å². The van der Waals surface area contributed by atoms with Crippen molar-refractivity contribution in [2.45, 2.75) is 273 Å². The molecule has 0 aliphatic carbocycles. The third-order valence-electron chi connectivity index (χ3n) is 26.3. The largest absolute Gasteiger partial charge is 0.491 e. The Bertz CT molecular complexity index is 5010. The molecule has 0 saturated heterocycles. The van der Waals surface area contributed by atoms with Crippen LogP contribution in [0.15, 0.2) is 146 Å². The van der Waals surface area contributed by atoms with Crippen LogP contribution < -0.4 is 14.2 Å². The molecule has 0 radical (unpaired) electrons. The van der Waals surface area contributed by atoms with Crippen molar-refractivity contribution in [2.75, 3.05) is 59.5 Å². The summed E-state index contributed by atoms with van der Waals surface area (Å²) in [6, 6.07) is 59.0. The number of hydrogen-bond donors (Lipinski definition) is 0. The zero-order chi connectivity index (χ0) is 79.8. The SMILES string of the molecule is CCCCCCCCCCCCc1cc2c3cc(-c4ccc(OCCOCCC)cc4)cc4c5cc(CCCCCCCCCCCC)cc6c7cc(-c8ccc(OCCOCCC)cc8)cc8c9cc(CCCCCCCCCCCC)cc%10c%11cc(-c%12ccc(OCCOCCC)cc%12)cc%12c(c1)c2c1c(c34)c(c56)c(c78)c(c%109)c1c%12%11. The van der Waals surface area contributed by atoms with Crippen LogP contribution in [0.4, 0.5) is 0 Å². The van der Waals surface area contributed by atoms with E-state index in [2.05, 4.69) is 187 Å². The molecule has 0 amide bonds. The molecule has 6 nitrogen and oxygen atoms in total. The van der Waals surface area contributed by atoms with Gasteiger partial charge in [-0.2, -0.15) is 0 Å². The Morgan fingerprint density at radius 3 is 0.547 bits per heavy atom. The zero-order valence-electron chi connectivity index (χ0n) is 72.1. The van der Waals surface area contributed by atoms with Crippen molar-refractivity contribution >= 4 is 129 Å². The summed E-state index contributed by atoms with van der Waals surface area (Å²) in [6.07, 6.45) is 45.6. The minimum atomic E-state index is 0.524. The van der Waals surface area contributed by atoms with Crippen molar-refractivity contribution < 1.29 is 28.4 Å². The van der Waals surface area contributed by atoms with E-state index in [1.54, 1.807) is 0 Å². The van der Waals surface area contributed by atoms with Crippen LogP contribution in [0.3, 0.4) is 0 Å². The predicted molar refractivity (Wildman–Crippen MR) is 506 cm³/mol. The van der Waals surface area contributed by atoms with Gasteiger partial charge < -0.3 is 28.4 Å². The second-order valence-electron chi connectivity index (χ2n) is 35.0. The Morgan fingerprint density at radius 1 is 0.162 bits per heavy atom. The normalized spacial score (nSPS) is 12.5. The molecule has 0 aromatic heterocycles. The molecule has 0 unspecified atom stereocenters. The number of aryl methyl sites for hydroxylation is 3. The van der Waals surface area contributed by atoms with Crippen molar-refractivity contribution in [3.05, 3.63) is 162 Å². The summed E-state index contributed by atoms with van der Waals surface area (Å²) in [5.41, 5.74) is 11.7. The smallest absolute Gasteiger partial charge is 0.119 e. The number of fused-ring (bicyclic) bond motifs is 6. The lowest BCUT2D eigenvalue weighted by atomic mass is 9.72. The molecule has 0 N–H and O–H groups in total. The van der Waals surface area contributed by atoms with Gasteiger partial charge in [0.25, 0.3) is 0 Å². The molecule has 612 valence electrons. The Hall–Kier alpha value is -8.52. The number of benzene rings is 16. The second-order valence-corrected chi connectivity index (χ2v) is 35.0. The molecule has 16 aromatic rings. The molecule has 0 saturated carbocycles. The van der Waals surface area contributed by atoms with Crippen molar-refractivity contribution in [1.29, 1.82) is 0 Å². The molecule has 0 spiro atoms. The van der Waals surface area contributed by atoms with E-state index in [9.17, 15) is 0 Å². The van der Waals surface area contributed by atoms with Crippen LogP contribution in [-0.4, -0.2) is 59.5 Å². The van der Waals surface area contributed by atoms with Gasteiger partial charge in [0.2, 0.25) is 0 Å². The maximum Gasteiger partial charge on any atom is 0.119 e. The lowest BCUT2D eigenvalue weighted by molar-refractivity contribution is 0.101. The van der Waals surface area contributed by atoms with Gasteiger partial charge >= 0.3 is 0 Å². The monoisotopic (exact) mass is 1560 g/mol. The van der Waals surface area contributed by atoms with Crippen LogP contribution in [0.1, 0.15) is 270 Å². The van der Waals surface area contributed by atoms with Crippen LogP contribution in [0.2, 0.25) is 0 Å². The van der Waals surface area contributed by atoms with Gasteiger partial charge in [-0.15, -0.1) is 0 Å². The summed E-state index contributed by atoms with van der Waals surface area (Å²) in [7, 11) is 0. The minimum absolute atomic E-state index is 0.524.